The summed E-state index contributed by atoms with van der Waals surface area (Å²) in [6.07, 6.45) is 4.69. The summed E-state index contributed by atoms with van der Waals surface area (Å²) in [6, 6.07) is 5.33. The van der Waals surface area contributed by atoms with Gasteiger partial charge in [0.25, 0.3) is 5.91 Å². The van der Waals surface area contributed by atoms with E-state index in [-0.39, 0.29) is 5.91 Å². The molecule has 0 unspecified atom stereocenters. The van der Waals surface area contributed by atoms with Crippen molar-refractivity contribution in [3.8, 4) is 0 Å². The number of hydrogen-bond acceptors (Lipinski definition) is 2. The molecule has 1 aliphatic heterocycles. The Kier molecular flexibility index (Phi) is 5.23. The maximum Gasteiger partial charge on any atom is 0.251 e. The zero-order valence-electron chi connectivity index (χ0n) is 11.2. The second-order valence-corrected chi connectivity index (χ2v) is 5.40. The van der Waals surface area contributed by atoms with Crippen molar-refractivity contribution in [2.75, 3.05) is 13.2 Å². The molecule has 19 heavy (non-hydrogen) atoms. The summed E-state index contributed by atoms with van der Waals surface area (Å²) < 4.78 is 5.63. The van der Waals surface area contributed by atoms with Crippen molar-refractivity contribution < 1.29 is 9.53 Å². The summed E-state index contributed by atoms with van der Waals surface area (Å²) in [7, 11) is 0. The Morgan fingerprint density at radius 3 is 3.00 bits per heavy atom. The van der Waals surface area contributed by atoms with Crippen molar-refractivity contribution in [3.05, 3.63) is 34.3 Å². The minimum atomic E-state index is -0.0458. The SMILES string of the molecule is Cc1cc(C(=O)NCC[C@H]2CCCCO2)ccc1Cl. The van der Waals surface area contributed by atoms with E-state index in [1.54, 1.807) is 12.1 Å². The van der Waals surface area contributed by atoms with Gasteiger partial charge in [-0.05, 0) is 56.4 Å². The van der Waals surface area contributed by atoms with Gasteiger partial charge in [-0.1, -0.05) is 11.6 Å². The molecule has 1 atom stereocenters. The lowest BCUT2D eigenvalue weighted by atomic mass is 10.1. The summed E-state index contributed by atoms with van der Waals surface area (Å²) >= 11 is 5.94. The Labute approximate surface area is 119 Å². The zero-order chi connectivity index (χ0) is 13.7. The molecule has 1 aliphatic rings. The van der Waals surface area contributed by atoms with Crippen molar-refractivity contribution in [1.29, 1.82) is 0 Å². The van der Waals surface area contributed by atoms with Gasteiger partial charge in [0, 0.05) is 23.7 Å². The van der Waals surface area contributed by atoms with Crippen LogP contribution in [0.3, 0.4) is 0 Å². The van der Waals surface area contributed by atoms with E-state index >= 15 is 0 Å². The molecule has 0 spiro atoms. The minimum Gasteiger partial charge on any atom is -0.378 e. The van der Waals surface area contributed by atoms with Crippen molar-refractivity contribution in [1.82, 2.24) is 5.32 Å². The monoisotopic (exact) mass is 281 g/mol. The van der Waals surface area contributed by atoms with E-state index in [0.717, 1.165) is 31.4 Å². The number of carbonyl (C=O) groups excluding carboxylic acids is 1. The molecule has 104 valence electrons. The van der Waals surface area contributed by atoms with Gasteiger partial charge < -0.3 is 10.1 Å². The molecule has 1 aromatic carbocycles. The lowest BCUT2D eigenvalue weighted by Crippen LogP contribution is -2.29. The smallest absolute Gasteiger partial charge is 0.251 e. The van der Waals surface area contributed by atoms with Crippen LogP contribution in [-0.2, 0) is 4.74 Å². The van der Waals surface area contributed by atoms with E-state index in [0.29, 0.717) is 23.2 Å². The summed E-state index contributed by atoms with van der Waals surface area (Å²) in [6.45, 7) is 3.41. The van der Waals surface area contributed by atoms with Crippen LogP contribution >= 0.6 is 11.6 Å². The van der Waals surface area contributed by atoms with Crippen LogP contribution in [-0.4, -0.2) is 25.2 Å². The predicted octanol–water partition coefficient (Wildman–Crippen LogP) is 3.34. The average molecular weight is 282 g/mol. The van der Waals surface area contributed by atoms with Gasteiger partial charge in [0.05, 0.1) is 6.10 Å². The van der Waals surface area contributed by atoms with Gasteiger partial charge in [0.15, 0.2) is 0 Å². The topological polar surface area (TPSA) is 38.3 Å². The minimum absolute atomic E-state index is 0.0458. The maximum absolute atomic E-state index is 12.0. The Bertz CT molecular complexity index is 442. The van der Waals surface area contributed by atoms with Crippen molar-refractivity contribution in [2.45, 2.75) is 38.7 Å². The second kappa shape index (κ2) is 6.92. The Morgan fingerprint density at radius 2 is 2.32 bits per heavy atom. The third kappa shape index (κ3) is 4.22. The Hall–Kier alpha value is -1.06. The fourth-order valence-electron chi connectivity index (χ4n) is 2.27. The third-order valence-electron chi connectivity index (χ3n) is 3.45. The molecule has 3 nitrogen and oxygen atoms in total. The summed E-state index contributed by atoms with van der Waals surface area (Å²) in [5, 5.41) is 3.62. The summed E-state index contributed by atoms with van der Waals surface area (Å²) in [5.74, 6) is -0.0458. The first-order valence-electron chi connectivity index (χ1n) is 6.83. The number of nitrogens with one attached hydrogen (secondary N) is 1. The largest absolute Gasteiger partial charge is 0.378 e. The number of amides is 1. The van der Waals surface area contributed by atoms with Crippen molar-refractivity contribution >= 4 is 17.5 Å². The molecule has 1 amide bonds. The summed E-state index contributed by atoms with van der Waals surface area (Å²) in [4.78, 5) is 12.0. The number of benzene rings is 1. The van der Waals surface area contributed by atoms with Gasteiger partial charge >= 0.3 is 0 Å². The lowest BCUT2D eigenvalue weighted by Gasteiger charge is -2.22. The molecule has 1 fully saturated rings. The van der Waals surface area contributed by atoms with Crippen LogP contribution in [0, 0.1) is 6.92 Å². The number of halogens is 1. The number of hydrogen-bond donors (Lipinski definition) is 1. The van der Waals surface area contributed by atoms with Gasteiger partial charge in [-0.25, -0.2) is 0 Å². The van der Waals surface area contributed by atoms with E-state index in [4.69, 9.17) is 16.3 Å². The van der Waals surface area contributed by atoms with E-state index in [1.165, 1.54) is 6.42 Å². The molecule has 1 saturated heterocycles. The third-order valence-corrected chi connectivity index (χ3v) is 3.87. The fourth-order valence-corrected chi connectivity index (χ4v) is 2.39. The van der Waals surface area contributed by atoms with Crippen LogP contribution in [0.4, 0.5) is 0 Å². The molecule has 4 heteroatoms. The first-order chi connectivity index (χ1) is 9.16. The highest BCUT2D eigenvalue weighted by Gasteiger charge is 2.14. The lowest BCUT2D eigenvalue weighted by molar-refractivity contribution is 0.0117. The van der Waals surface area contributed by atoms with Gasteiger partial charge in [0.1, 0.15) is 0 Å². The predicted molar refractivity (Wildman–Crippen MR) is 76.7 cm³/mol. The van der Waals surface area contributed by atoms with Gasteiger partial charge in [-0.3, -0.25) is 4.79 Å². The number of ether oxygens (including phenoxy) is 1. The molecule has 1 N–H and O–H groups in total. The first kappa shape index (κ1) is 14.4. The summed E-state index contributed by atoms with van der Waals surface area (Å²) in [5.41, 5.74) is 1.58. The van der Waals surface area contributed by atoms with Crippen LogP contribution in [0.1, 0.15) is 41.6 Å². The highest BCUT2D eigenvalue weighted by atomic mass is 35.5. The van der Waals surface area contributed by atoms with Crippen molar-refractivity contribution in [2.24, 2.45) is 0 Å². The molecular weight excluding hydrogens is 262 g/mol. The molecule has 0 aliphatic carbocycles. The molecular formula is C15H20ClNO2. The molecule has 0 saturated carbocycles. The number of rotatable bonds is 4. The number of carbonyl (C=O) groups is 1. The number of aryl methyl sites for hydroxylation is 1. The molecule has 1 aromatic rings. The van der Waals surface area contributed by atoms with Crippen LogP contribution in [0.15, 0.2) is 18.2 Å². The van der Waals surface area contributed by atoms with E-state index in [9.17, 15) is 4.79 Å². The average Bonchev–Trinajstić information content (AvgIpc) is 2.43. The molecule has 0 bridgehead atoms. The second-order valence-electron chi connectivity index (χ2n) is 5.00. The van der Waals surface area contributed by atoms with Crippen LogP contribution in [0.25, 0.3) is 0 Å². The van der Waals surface area contributed by atoms with Crippen LogP contribution in [0.5, 0.6) is 0 Å². The van der Waals surface area contributed by atoms with E-state index in [2.05, 4.69) is 5.32 Å². The fraction of sp³-hybridized carbons (Fsp3) is 0.533. The van der Waals surface area contributed by atoms with Crippen LogP contribution < -0.4 is 5.32 Å². The standard InChI is InChI=1S/C15H20ClNO2/c1-11-10-12(5-6-14(11)16)15(18)17-8-7-13-4-2-3-9-19-13/h5-6,10,13H,2-4,7-9H2,1H3,(H,17,18)/t13-/m1/s1. The Balaban J connectivity index is 1.78. The highest BCUT2D eigenvalue weighted by molar-refractivity contribution is 6.31. The molecule has 2 rings (SSSR count). The molecule has 0 aromatic heterocycles. The normalized spacial score (nSPS) is 19.2. The zero-order valence-corrected chi connectivity index (χ0v) is 12.0. The van der Waals surface area contributed by atoms with E-state index in [1.807, 2.05) is 13.0 Å². The Morgan fingerprint density at radius 1 is 1.47 bits per heavy atom. The first-order valence-corrected chi connectivity index (χ1v) is 7.20. The highest BCUT2D eigenvalue weighted by Crippen LogP contribution is 2.17. The quantitative estimate of drug-likeness (QED) is 0.919. The van der Waals surface area contributed by atoms with Gasteiger partial charge in [-0.2, -0.15) is 0 Å². The van der Waals surface area contributed by atoms with Gasteiger partial charge in [0.2, 0.25) is 0 Å². The molecule has 0 radical (unpaired) electrons. The molecule has 1 heterocycles. The van der Waals surface area contributed by atoms with Gasteiger partial charge in [-0.15, -0.1) is 0 Å². The van der Waals surface area contributed by atoms with E-state index < -0.39 is 0 Å². The van der Waals surface area contributed by atoms with Crippen LogP contribution in [0.2, 0.25) is 5.02 Å². The van der Waals surface area contributed by atoms with Crippen molar-refractivity contribution in [3.63, 3.8) is 0 Å². The maximum atomic E-state index is 12.0.